The van der Waals surface area contributed by atoms with E-state index in [0.717, 1.165) is 32.7 Å². The number of carbonyl (C=O) groups excluding carboxylic acids is 2. The second kappa shape index (κ2) is 17.5. The Labute approximate surface area is 336 Å². The average Bonchev–Trinajstić information content (AvgIpc) is 3.68. The Morgan fingerprint density at radius 2 is 1.61 bits per heavy atom. The summed E-state index contributed by atoms with van der Waals surface area (Å²) >= 11 is 4.06. The summed E-state index contributed by atoms with van der Waals surface area (Å²) in [4.78, 5) is 86.1. The van der Waals surface area contributed by atoms with Gasteiger partial charge in [0.25, 0.3) is 5.56 Å². The van der Waals surface area contributed by atoms with E-state index in [-0.39, 0.29) is 42.5 Å². The van der Waals surface area contributed by atoms with Crippen molar-refractivity contribution in [3.63, 3.8) is 0 Å². The Bertz CT molecular complexity index is 2570. The Morgan fingerprint density at radius 1 is 0.966 bits per heavy atom. The number of hydrogen-bond acceptors (Lipinski definition) is 17. The maximum absolute atomic E-state index is 12.9. The van der Waals surface area contributed by atoms with Gasteiger partial charge in [-0.25, -0.2) is 23.2 Å². The SMILES string of the molecule is Nc1ccc2cc3ccc(N)cc3[n+](CCCC(=O)NCCNC(=O)O[C@H]3[C@@H](O)[C@H](n4cnc5c(=O)[nH]c(N)nc54)O[C@@H]3COP(=O)(O)OP(=O)(O)OP(O)(O)=S)c2c1. The van der Waals surface area contributed by atoms with Gasteiger partial charge in [0.05, 0.1) is 12.9 Å². The molecule has 0 spiro atoms. The van der Waals surface area contributed by atoms with Gasteiger partial charge in [-0.1, -0.05) is 0 Å². The molecule has 0 aliphatic carbocycles. The van der Waals surface area contributed by atoms with Crippen LogP contribution >= 0.6 is 22.4 Å². The molecule has 0 bridgehead atoms. The number of H-pyrrole nitrogens is 1. The third-order valence-electron chi connectivity index (χ3n) is 8.60. The number of nitrogens with two attached hydrogens (primary N) is 3. The van der Waals surface area contributed by atoms with Gasteiger partial charge >= 0.3 is 28.5 Å². The number of benzene rings is 2. The lowest BCUT2D eigenvalue weighted by Gasteiger charge is -2.22. The summed E-state index contributed by atoms with van der Waals surface area (Å²) in [5.41, 5.74) is 19.5. The van der Waals surface area contributed by atoms with Crippen molar-refractivity contribution in [2.75, 3.05) is 36.9 Å². The first kappa shape index (κ1) is 43.9. The Morgan fingerprint density at radius 3 is 2.25 bits per heavy atom. The van der Waals surface area contributed by atoms with Crippen molar-refractivity contribution in [3.05, 3.63) is 59.1 Å². The van der Waals surface area contributed by atoms with Crippen LogP contribution in [0.25, 0.3) is 33.0 Å². The van der Waals surface area contributed by atoms with Gasteiger partial charge in [-0.15, -0.1) is 0 Å². The molecule has 59 heavy (non-hydrogen) atoms. The number of aromatic amines is 1. The van der Waals surface area contributed by atoms with Crippen molar-refractivity contribution in [2.45, 2.75) is 43.9 Å². The third kappa shape index (κ3) is 10.9. The number of carbonyl (C=O) groups is 2. The summed E-state index contributed by atoms with van der Waals surface area (Å²) in [6, 6.07) is 13.2. The van der Waals surface area contributed by atoms with Crippen molar-refractivity contribution in [1.29, 1.82) is 0 Å². The normalized spacial score (nSPS) is 20.4. The Balaban J connectivity index is 1.06. The van der Waals surface area contributed by atoms with E-state index in [1.165, 1.54) is 0 Å². The van der Waals surface area contributed by atoms with Crippen molar-refractivity contribution >= 4 is 96.5 Å². The van der Waals surface area contributed by atoms with E-state index in [4.69, 9.17) is 41.0 Å². The largest absolute Gasteiger partial charge is 0.488 e. The topological polar surface area (TPSA) is 385 Å². The number of fused-ring (bicyclic) bond motifs is 3. The highest BCUT2D eigenvalue weighted by Gasteiger charge is 2.49. The van der Waals surface area contributed by atoms with Crippen molar-refractivity contribution in [2.24, 2.45) is 0 Å². The Kier molecular flexibility index (Phi) is 13.0. The first-order chi connectivity index (χ1) is 27.7. The molecule has 0 saturated carbocycles. The van der Waals surface area contributed by atoms with Crippen molar-refractivity contribution in [3.8, 4) is 0 Å². The Hall–Kier alpha value is -4.65. The third-order valence-corrected chi connectivity index (χ3v) is 13.0. The number of ether oxygens (including phenoxy) is 2. The first-order valence-corrected chi connectivity index (χ1v) is 22.8. The van der Waals surface area contributed by atoms with Crippen LogP contribution in [0.5, 0.6) is 0 Å². The molecule has 29 heteroatoms. The lowest BCUT2D eigenvalue weighted by atomic mass is 10.1. The van der Waals surface area contributed by atoms with Crippen molar-refractivity contribution in [1.82, 2.24) is 30.2 Å². The number of imidazole rings is 1. The number of aryl methyl sites for hydroxylation is 1. The lowest BCUT2D eigenvalue weighted by Crippen LogP contribution is -2.42. The highest BCUT2D eigenvalue weighted by atomic mass is 32.5. The molecule has 14 N–H and O–H groups in total. The molecule has 1 aliphatic rings. The van der Waals surface area contributed by atoms with Crippen molar-refractivity contribution < 1.29 is 70.6 Å². The van der Waals surface area contributed by atoms with Crippen LogP contribution in [0, 0.1) is 0 Å². The summed E-state index contributed by atoms with van der Waals surface area (Å²) in [7, 11) is -11.3. The van der Waals surface area contributed by atoms with Crippen LogP contribution in [0.4, 0.5) is 22.1 Å². The molecule has 318 valence electrons. The average molecular weight is 904 g/mol. The standard InChI is InChI=1S/C30H37N10O15P3S/c31-17-5-3-15-10-16-4-6-18(32)12-20(16)39(19(15)11-17)9-1-2-22(41)34-7-8-35-30(44)53-25-21(13-51-56(45,46)54-57(47,48)55-58(49,50)59)52-28(24(25)42)40-14-36-23-26(40)37-29(33)38-27(23)43/h3-6,10-12,14,21,24-25,28,42H,1-2,7-9,13H2,(H12,31,32,33,34,35,37,38,41,43,44,45,46,47,48,49,50,59)/p+1/t21-,24-,25-,28-/m1/s1. The molecule has 4 heterocycles. The van der Waals surface area contributed by atoms with Gasteiger partial charge in [0.2, 0.25) is 22.9 Å². The predicted octanol–water partition coefficient (Wildman–Crippen LogP) is -0.130. The fourth-order valence-corrected chi connectivity index (χ4v) is 10.0. The summed E-state index contributed by atoms with van der Waals surface area (Å²) in [6.07, 6.45) is -6.30. The fraction of sp³-hybridized carbons (Fsp3) is 0.333. The van der Waals surface area contributed by atoms with Gasteiger partial charge in [-0.05, 0) is 42.1 Å². The molecule has 1 fully saturated rings. The number of nitrogen functional groups attached to an aromatic ring is 3. The maximum Gasteiger partial charge on any atom is 0.488 e. The predicted molar refractivity (Wildman–Crippen MR) is 210 cm³/mol. The monoisotopic (exact) mass is 903 g/mol. The molecule has 2 amide bonds. The summed E-state index contributed by atoms with van der Waals surface area (Å²) in [5, 5.41) is 18.2. The van der Waals surface area contributed by atoms with Crippen LogP contribution in [-0.4, -0.2) is 94.2 Å². The number of aliphatic hydroxyl groups excluding tert-OH is 1. The van der Waals surface area contributed by atoms with Gasteiger partial charge in [0.15, 0.2) is 23.5 Å². The number of amides is 2. The molecule has 1 aliphatic heterocycles. The van der Waals surface area contributed by atoms with Crippen LogP contribution in [0.15, 0.2) is 53.6 Å². The van der Waals surface area contributed by atoms with E-state index in [9.17, 15) is 38.4 Å². The van der Waals surface area contributed by atoms with Gasteiger partial charge in [0.1, 0.15) is 18.8 Å². The number of anilines is 3. The molecule has 2 unspecified atom stereocenters. The van der Waals surface area contributed by atoms with Crippen LogP contribution in [0.1, 0.15) is 19.1 Å². The number of nitrogens with zero attached hydrogens (tertiary/aromatic N) is 4. The highest BCUT2D eigenvalue weighted by Crippen LogP contribution is 2.66. The minimum absolute atomic E-state index is 0.0449. The molecular formula is C30H38N10O15P3S+. The molecule has 3 aromatic heterocycles. The number of phosphoric acid groups is 2. The molecule has 2 aromatic carbocycles. The zero-order chi connectivity index (χ0) is 42.9. The van der Waals surface area contributed by atoms with Crippen LogP contribution in [0.2, 0.25) is 0 Å². The molecule has 6 rings (SSSR count). The number of rotatable bonds is 16. The highest BCUT2D eigenvalue weighted by molar-refractivity contribution is 8.08. The second-order valence-corrected chi connectivity index (χ2v) is 18.7. The number of hydrogen-bond donors (Lipinski definition) is 11. The molecule has 6 atom stereocenters. The van der Waals surface area contributed by atoms with E-state index >= 15 is 0 Å². The number of phosphoric ester groups is 1. The second-order valence-electron chi connectivity index (χ2n) is 12.9. The smallest absolute Gasteiger partial charge is 0.440 e. The van der Waals surface area contributed by atoms with Crippen LogP contribution in [0.3, 0.4) is 0 Å². The van der Waals surface area contributed by atoms with E-state index in [2.05, 4.69) is 46.0 Å². The van der Waals surface area contributed by atoms with E-state index in [1.807, 2.05) is 34.9 Å². The number of aromatic nitrogens is 5. The molecular weight excluding hydrogens is 865 g/mol. The van der Waals surface area contributed by atoms with Gasteiger partial charge in [0, 0.05) is 60.2 Å². The first-order valence-electron chi connectivity index (χ1n) is 17.2. The maximum atomic E-state index is 12.9. The molecule has 1 saturated heterocycles. The van der Waals surface area contributed by atoms with E-state index in [1.54, 1.807) is 12.1 Å². The minimum Gasteiger partial charge on any atom is -0.440 e. The zero-order valence-corrected chi connectivity index (χ0v) is 33.8. The van der Waals surface area contributed by atoms with Gasteiger partial charge < -0.3 is 62.0 Å². The molecule has 0 radical (unpaired) electrons. The van der Waals surface area contributed by atoms with E-state index < -0.39 is 65.2 Å². The van der Waals surface area contributed by atoms with Crippen LogP contribution < -0.4 is 38.0 Å². The quantitative estimate of drug-likeness (QED) is 0.0202. The number of nitrogens with one attached hydrogen (secondary N) is 3. The van der Waals surface area contributed by atoms with E-state index in [0.29, 0.717) is 24.3 Å². The summed E-state index contributed by atoms with van der Waals surface area (Å²) in [6.45, 7) is -5.69. The van der Waals surface area contributed by atoms with Crippen LogP contribution in [-0.2, 0) is 54.9 Å². The number of aliphatic hydroxyl groups is 1. The number of pyridine rings is 1. The molecule has 5 aromatic rings. The molecule has 25 nitrogen and oxygen atoms in total. The van der Waals surface area contributed by atoms with Gasteiger partial charge in [-0.3, -0.25) is 23.7 Å². The number of alkyl carbamates (subject to hydrolysis) is 1. The van der Waals surface area contributed by atoms with Gasteiger partial charge in [-0.2, -0.15) is 13.9 Å². The lowest BCUT2D eigenvalue weighted by molar-refractivity contribution is -0.645. The summed E-state index contributed by atoms with van der Waals surface area (Å²) in [5.74, 6) is -0.647. The fourth-order valence-electron chi connectivity index (χ4n) is 6.22. The minimum atomic E-state index is -5.68. The zero-order valence-electron chi connectivity index (χ0n) is 30.3. The summed E-state index contributed by atoms with van der Waals surface area (Å²) < 4.78 is 51.3.